The van der Waals surface area contributed by atoms with Crippen molar-refractivity contribution in [2.24, 2.45) is 0 Å². The second kappa shape index (κ2) is 4.53. The highest BCUT2D eigenvalue weighted by atomic mass is 35.5. The molecule has 3 nitrogen and oxygen atoms in total. The Morgan fingerprint density at radius 1 is 1.17 bits per heavy atom. The van der Waals surface area contributed by atoms with Gasteiger partial charge in [-0.3, -0.25) is 4.79 Å². The summed E-state index contributed by atoms with van der Waals surface area (Å²) in [7, 11) is 0. The molecule has 0 saturated carbocycles. The van der Waals surface area contributed by atoms with Crippen LogP contribution in [0.25, 0.3) is 11.0 Å². The highest BCUT2D eigenvalue weighted by Gasteiger charge is 2.38. The van der Waals surface area contributed by atoms with Crippen molar-refractivity contribution in [1.82, 2.24) is 9.97 Å². The van der Waals surface area contributed by atoms with Crippen LogP contribution in [0.2, 0.25) is 0 Å². The van der Waals surface area contributed by atoms with Crippen molar-refractivity contribution in [2.45, 2.75) is 6.18 Å². The number of nitrogens with zero attached hydrogens (tertiary/aromatic N) is 2. The fourth-order valence-electron chi connectivity index (χ4n) is 1.46. The topological polar surface area (TPSA) is 42.9 Å². The number of hydrogen-bond donors (Lipinski definition) is 0. The molecule has 0 N–H and O–H groups in total. The number of ketones is 1. The summed E-state index contributed by atoms with van der Waals surface area (Å²) in [6.07, 6.45) is -4.74. The molecule has 0 aliphatic heterocycles. The van der Waals surface area contributed by atoms with Gasteiger partial charge >= 0.3 is 6.18 Å². The number of aromatic nitrogens is 2. The van der Waals surface area contributed by atoms with E-state index < -0.39 is 29.2 Å². The van der Waals surface area contributed by atoms with E-state index in [-0.39, 0.29) is 11.0 Å². The van der Waals surface area contributed by atoms with Crippen LogP contribution in [0.5, 0.6) is 0 Å². The molecule has 0 aliphatic rings. The van der Waals surface area contributed by atoms with E-state index in [1.54, 1.807) is 12.1 Å². The quantitative estimate of drug-likeness (QED) is 0.624. The summed E-state index contributed by atoms with van der Waals surface area (Å²) in [5.74, 6) is -1.47. The highest BCUT2D eigenvalue weighted by Crippen LogP contribution is 2.31. The fourth-order valence-corrected chi connectivity index (χ4v) is 1.58. The van der Waals surface area contributed by atoms with Crippen LogP contribution >= 0.6 is 11.6 Å². The zero-order valence-electron chi connectivity index (χ0n) is 8.83. The van der Waals surface area contributed by atoms with E-state index >= 15 is 0 Å². The van der Waals surface area contributed by atoms with Crippen molar-refractivity contribution in [3.05, 3.63) is 35.7 Å². The summed E-state index contributed by atoms with van der Waals surface area (Å²) in [6, 6.07) is 6.01. The molecule has 7 heteroatoms. The third-order valence-corrected chi connectivity index (χ3v) is 2.47. The highest BCUT2D eigenvalue weighted by molar-refractivity contribution is 6.30. The second-order valence-corrected chi connectivity index (χ2v) is 3.73. The minimum atomic E-state index is -4.74. The Morgan fingerprint density at radius 3 is 2.22 bits per heavy atom. The van der Waals surface area contributed by atoms with Gasteiger partial charge in [-0.2, -0.15) is 13.2 Å². The van der Waals surface area contributed by atoms with Crippen LogP contribution in [0.1, 0.15) is 16.2 Å². The van der Waals surface area contributed by atoms with Gasteiger partial charge in [-0.15, -0.1) is 11.6 Å². The van der Waals surface area contributed by atoms with Gasteiger partial charge in [0.05, 0.1) is 16.9 Å². The first-order valence-corrected chi connectivity index (χ1v) is 5.40. The molecule has 0 bridgehead atoms. The Balaban J connectivity index is 2.76. The molecular formula is C11H6ClF3N2O. The molecule has 0 amide bonds. The number of carbonyl (C=O) groups is 1. The Kier molecular flexibility index (Phi) is 3.21. The summed E-state index contributed by atoms with van der Waals surface area (Å²) < 4.78 is 38.3. The molecule has 1 aromatic heterocycles. The maximum absolute atomic E-state index is 12.8. The van der Waals surface area contributed by atoms with E-state index in [4.69, 9.17) is 11.6 Å². The zero-order chi connectivity index (χ0) is 13.3. The smallest absolute Gasteiger partial charge is 0.291 e. The maximum atomic E-state index is 12.8. The fraction of sp³-hybridized carbons (Fsp3) is 0.182. The van der Waals surface area contributed by atoms with Crippen molar-refractivity contribution < 1.29 is 18.0 Å². The first-order valence-electron chi connectivity index (χ1n) is 4.86. The second-order valence-electron chi connectivity index (χ2n) is 3.46. The maximum Gasteiger partial charge on any atom is 0.435 e. The van der Waals surface area contributed by atoms with Crippen molar-refractivity contribution in [1.29, 1.82) is 0 Å². The number of para-hydroxylation sites is 2. The predicted molar refractivity (Wildman–Crippen MR) is 59.6 cm³/mol. The van der Waals surface area contributed by atoms with E-state index in [1.165, 1.54) is 12.1 Å². The third kappa shape index (κ3) is 2.28. The molecule has 0 aliphatic carbocycles. The molecule has 0 radical (unpaired) electrons. The van der Waals surface area contributed by atoms with Crippen LogP contribution in [0.3, 0.4) is 0 Å². The SMILES string of the molecule is O=C(CCl)c1nc2ccccc2nc1C(F)(F)F. The number of hydrogen-bond acceptors (Lipinski definition) is 3. The zero-order valence-corrected chi connectivity index (χ0v) is 9.59. The molecule has 2 aromatic rings. The van der Waals surface area contributed by atoms with Crippen LogP contribution in [0.4, 0.5) is 13.2 Å². The third-order valence-electron chi connectivity index (χ3n) is 2.22. The van der Waals surface area contributed by atoms with Crippen LogP contribution in [-0.4, -0.2) is 21.6 Å². The lowest BCUT2D eigenvalue weighted by Gasteiger charge is -2.10. The minimum absolute atomic E-state index is 0.0796. The van der Waals surface area contributed by atoms with Gasteiger partial charge in [0, 0.05) is 0 Å². The van der Waals surface area contributed by atoms with E-state index in [9.17, 15) is 18.0 Å². The number of halogens is 4. The molecule has 94 valence electrons. The van der Waals surface area contributed by atoms with Gasteiger partial charge in [-0.25, -0.2) is 9.97 Å². The van der Waals surface area contributed by atoms with Crippen molar-refractivity contribution in [3.8, 4) is 0 Å². The monoisotopic (exact) mass is 274 g/mol. The van der Waals surface area contributed by atoms with Gasteiger partial charge in [0.15, 0.2) is 11.5 Å². The van der Waals surface area contributed by atoms with Gasteiger partial charge < -0.3 is 0 Å². The number of fused-ring (bicyclic) bond motifs is 1. The molecule has 2 rings (SSSR count). The lowest BCUT2D eigenvalue weighted by Crippen LogP contribution is -2.18. The lowest BCUT2D eigenvalue weighted by atomic mass is 10.2. The Bertz CT molecular complexity index is 613. The summed E-state index contributed by atoms with van der Waals surface area (Å²) in [5.41, 5.74) is -1.74. The number of alkyl halides is 4. The standard InChI is InChI=1S/C11H6ClF3N2O/c12-5-8(18)9-10(11(13,14)15)17-7-4-2-1-3-6(7)16-9/h1-4H,5H2. The van der Waals surface area contributed by atoms with Gasteiger partial charge in [0.25, 0.3) is 0 Å². The Labute approximate surface area is 105 Å². The molecule has 1 heterocycles. The molecule has 0 spiro atoms. The Morgan fingerprint density at radius 2 is 1.72 bits per heavy atom. The molecule has 1 aromatic carbocycles. The lowest BCUT2D eigenvalue weighted by molar-refractivity contribution is -0.141. The number of benzene rings is 1. The first kappa shape index (κ1) is 12.8. The molecule has 0 fully saturated rings. The summed E-state index contributed by atoms with van der Waals surface area (Å²) in [5, 5.41) is 0. The number of carbonyl (C=O) groups excluding carboxylic acids is 1. The molecule has 18 heavy (non-hydrogen) atoms. The van der Waals surface area contributed by atoms with E-state index in [0.29, 0.717) is 0 Å². The predicted octanol–water partition coefficient (Wildman–Crippen LogP) is 3.07. The van der Waals surface area contributed by atoms with E-state index in [0.717, 1.165) is 0 Å². The Hall–Kier alpha value is -1.69. The minimum Gasteiger partial charge on any atom is -0.291 e. The van der Waals surface area contributed by atoms with Gasteiger partial charge in [0.1, 0.15) is 5.69 Å². The normalized spacial score (nSPS) is 11.8. The van der Waals surface area contributed by atoms with Crippen LogP contribution in [0, 0.1) is 0 Å². The van der Waals surface area contributed by atoms with Gasteiger partial charge in [-0.1, -0.05) is 12.1 Å². The molecule has 0 saturated heterocycles. The molecule has 0 unspecified atom stereocenters. The van der Waals surface area contributed by atoms with Crippen molar-refractivity contribution in [3.63, 3.8) is 0 Å². The van der Waals surface area contributed by atoms with Gasteiger partial charge in [-0.05, 0) is 12.1 Å². The summed E-state index contributed by atoms with van der Waals surface area (Å²) in [4.78, 5) is 18.5. The van der Waals surface area contributed by atoms with Crippen molar-refractivity contribution in [2.75, 3.05) is 5.88 Å². The largest absolute Gasteiger partial charge is 0.435 e. The number of rotatable bonds is 2. The first-order chi connectivity index (χ1) is 8.43. The van der Waals surface area contributed by atoms with Crippen LogP contribution in [-0.2, 0) is 6.18 Å². The van der Waals surface area contributed by atoms with Gasteiger partial charge in [0.2, 0.25) is 0 Å². The van der Waals surface area contributed by atoms with Crippen molar-refractivity contribution >= 4 is 28.4 Å². The molecule has 0 atom stereocenters. The van der Waals surface area contributed by atoms with Crippen LogP contribution in [0.15, 0.2) is 24.3 Å². The summed E-state index contributed by atoms with van der Waals surface area (Å²) in [6.45, 7) is 0. The average Bonchev–Trinajstić information content (AvgIpc) is 2.35. The number of Topliss-reactive ketones (excluding diaryl/α,β-unsaturated/α-hetero) is 1. The van der Waals surface area contributed by atoms with Crippen LogP contribution < -0.4 is 0 Å². The van der Waals surface area contributed by atoms with E-state index in [1.807, 2.05) is 0 Å². The molecular weight excluding hydrogens is 269 g/mol. The average molecular weight is 275 g/mol. The summed E-state index contributed by atoms with van der Waals surface area (Å²) >= 11 is 5.28. The van der Waals surface area contributed by atoms with E-state index in [2.05, 4.69) is 9.97 Å².